The fraction of sp³-hybridized carbons (Fsp3) is 0. The van der Waals surface area contributed by atoms with Crippen LogP contribution in [0.5, 0.6) is 0 Å². The molecule has 0 atom stereocenters. The van der Waals surface area contributed by atoms with Gasteiger partial charge in [0.15, 0.2) is 0 Å². The molecule has 0 amide bonds. The summed E-state index contributed by atoms with van der Waals surface area (Å²) in [6, 6.07) is 0. The summed E-state index contributed by atoms with van der Waals surface area (Å²) in [5.41, 5.74) is 0. The van der Waals surface area contributed by atoms with Gasteiger partial charge >= 0.3 is 51.4 Å². The van der Waals surface area contributed by atoms with Gasteiger partial charge in [-0.25, -0.2) is 0 Å². The van der Waals surface area contributed by atoms with Crippen molar-refractivity contribution in [2.45, 2.75) is 0 Å². The molecule has 0 aliphatic carbocycles. The zero-order valence-electron chi connectivity index (χ0n) is 2.25. The molecule has 0 aromatic heterocycles. The second kappa shape index (κ2) is 20.9. The molecule has 0 N–H and O–H groups in total. The molecular formula is CAuKN. The summed E-state index contributed by atoms with van der Waals surface area (Å²) in [6.45, 7) is 4.75. The minimum absolute atomic E-state index is 0. The zero-order chi connectivity index (χ0) is 2.00. The molecule has 0 rings (SSSR count). The normalized spacial score (nSPS) is 0.500. The Morgan fingerprint density at radius 2 is 1.25 bits per heavy atom. The molecule has 0 heterocycles. The molecule has 0 aliphatic heterocycles. The predicted molar refractivity (Wildman–Crippen MR) is 4.97 cm³/mol. The molecule has 0 aliphatic rings. The van der Waals surface area contributed by atoms with Crippen molar-refractivity contribution in [2.75, 3.05) is 0 Å². The van der Waals surface area contributed by atoms with Gasteiger partial charge in [-0.1, -0.05) is 0 Å². The standard InChI is InChI=1S/CN.Au.K/c1-2;;/q-1;;+1. The predicted octanol–water partition coefficient (Wildman–Crippen LogP) is -2.90. The van der Waals surface area contributed by atoms with E-state index in [4.69, 9.17) is 11.8 Å². The van der Waals surface area contributed by atoms with Crippen LogP contribution in [0.1, 0.15) is 0 Å². The average Bonchev–Trinajstić information content (AvgIpc) is 1.00. The van der Waals surface area contributed by atoms with Gasteiger partial charge in [0.2, 0.25) is 0 Å². The van der Waals surface area contributed by atoms with Crippen molar-refractivity contribution in [2.24, 2.45) is 0 Å². The van der Waals surface area contributed by atoms with Crippen LogP contribution in [0.4, 0.5) is 0 Å². The molecule has 0 aromatic carbocycles. The quantitative estimate of drug-likeness (QED) is 0.339. The summed E-state index contributed by atoms with van der Waals surface area (Å²) >= 11 is 0. The van der Waals surface area contributed by atoms with Crippen LogP contribution in [0.25, 0.3) is 0 Å². The van der Waals surface area contributed by atoms with E-state index in [-0.39, 0.29) is 73.8 Å². The van der Waals surface area contributed by atoms with Gasteiger partial charge in [0, 0.05) is 22.4 Å². The van der Waals surface area contributed by atoms with E-state index < -0.39 is 0 Å². The summed E-state index contributed by atoms with van der Waals surface area (Å²) in [5, 5.41) is 6.25. The first-order valence-electron chi connectivity index (χ1n) is 0.224. The van der Waals surface area contributed by atoms with Gasteiger partial charge in [-0.05, 0) is 0 Å². The number of rotatable bonds is 0. The fourth-order valence-electron chi connectivity index (χ4n) is 0. The van der Waals surface area contributed by atoms with E-state index in [0.29, 0.717) is 0 Å². The van der Waals surface area contributed by atoms with Crippen molar-refractivity contribution in [3.8, 4) is 0 Å². The molecule has 0 unspecified atom stereocenters. The van der Waals surface area contributed by atoms with E-state index in [2.05, 4.69) is 0 Å². The van der Waals surface area contributed by atoms with E-state index in [1.807, 2.05) is 0 Å². The third kappa shape index (κ3) is 9.12. The number of hydrogen-bond donors (Lipinski definition) is 0. The van der Waals surface area contributed by atoms with E-state index in [1.54, 1.807) is 0 Å². The molecule has 1 radical (unpaired) electrons. The van der Waals surface area contributed by atoms with Crippen molar-refractivity contribution in [3.05, 3.63) is 6.57 Å². The molecule has 0 spiro atoms. The summed E-state index contributed by atoms with van der Waals surface area (Å²) in [4.78, 5) is 0. The largest absolute Gasteiger partial charge is 1.00 e. The van der Waals surface area contributed by atoms with E-state index in [9.17, 15) is 0 Å². The van der Waals surface area contributed by atoms with Gasteiger partial charge in [-0.2, -0.15) is 0 Å². The molecule has 21 valence electrons. The zero-order valence-corrected chi connectivity index (χ0v) is 7.54. The Labute approximate surface area is 83.7 Å². The van der Waals surface area contributed by atoms with Crippen LogP contribution in [0.15, 0.2) is 0 Å². The van der Waals surface area contributed by atoms with Gasteiger partial charge in [-0.3, -0.25) is 0 Å². The summed E-state index contributed by atoms with van der Waals surface area (Å²) in [5.74, 6) is 0. The first kappa shape index (κ1) is 16.9. The van der Waals surface area contributed by atoms with Gasteiger partial charge in [0.25, 0.3) is 0 Å². The Bertz CT molecular complexity index is 12.8. The monoisotopic (exact) mass is 262 g/mol. The number of nitrogens with zero attached hydrogens (tertiary/aromatic N) is 1. The number of hydrogen-bond acceptors (Lipinski definition) is 1. The first-order valence-corrected chi connectivity index (χ1v) is 0.224. The minimum Gasteiger partial charge on any atom is -0.512 e. The topological polar surface area (TPSA) is 23.8 Å². The van der Waals surface area contributed by atoms with E-state index >= 15 is 0 Å². The molecule has 0 saturated carbocycles. The van der Waals surface area contributed by atoms with Crippen LogP contribution in [-0.2, 0) is 22.4 Å². The smallest absolute Gasteiger partial charge is 0.512 e. The van der Waals surface area contributed by atoms with Crippen molar-refractivity contribution in [1.29, 1.82) is 5.26 Å². The Morgan fingerprint density at radius 1 is 1.25 bits per heavy atom. The molecular weight excluding hydrogens is 262 g/mol. The average molecular weight is 262 g/mol. The van der Waals surface area contributed by atoms with Gasteiger partial charge in [0.1, 0.15) is 0 Å². The van der Waals surface area contributed by atoms with Crippen molar-refractivity contribution < 1.29 is 73.8 Å². The van der Waals surface area contributed by atoms with E-state index in [1.165, 1.54) is 0 Å². The van der Waals surface area contributed by atoms with Gasteiger partial charge < -0.3 is 11.8 Å². The Kier molecular flexibility index (Phi) is 88.3. The maximum atomic E-state index is 6.25. The molecule has 0 aromatic rings. The molecule has 0 fully saturated rings. The molecule has 0 bridgehead atoms. The maximum absolute atomic E-state index is 6.25. The summed E-state index contributed by atoms with van der Waals surface area (Å²) < 4.78 is 0. The molecule has 4 heavy (non-hydrogen) atoms. The Morgan fingerprint density at radius 3 is 1.25 bits per heavy atom. The Hall–Kier alpha value is 1.87. The van der Waals surface area contributed by atoms with Crippen molar-refractivity contribution in [1.82, 2.24) is 0 Å². The maximum Gasteiger partial charge on any atom is 1.00 e. The van der Waals surface area contributed by atoms with Crippen LogP contribution in [0.2, 0.25) is 0 Å². The SMILES string of the molecule is [Au].[C-]#N.[K+]. The molecule has 1 nitrogen and oxygen atoms in total. The third-order valence-electron chi connectivity index (χ3n) is 0. The minimum atomic E-state index is 0. The second-order valence-corrected chi connectivity index (χ2v) is 0. The van der Waals surface area contributed by atoms with Crippen molar-refractivity contribution >= 4 is 0 Å². The summed E-state index contributed by atoms with van der Waals surface area (Å²) in [6.07, 6.45) is 0. The van der Waals surface area contributed by atoms with Crippen LogP contribution in [0.3, 0.4) is 0 Å². The second-order valence-electron chi connectivity index (χ2n) is 0. The molecule has 0 saturated heterocycles. The van der Waals surface area contributed by atoms with Crippen LogP contribution >= 0.6 is 0 Å². The van der Waals surface area contributed by atoms with Gasteiger partial charge in [-0.15, -0.1) is 0 Å². The van der Waals surface area contributed by atoms with E-state index in [0.717, 1.165) is 0 Å². The first-order chi connectivity index (χ1) is 1.00. The Balaban J connectivity index is -0.00000000500. The van der Waals surface area contributed by atoms with Crippen LogP contribution < -0.4 is 51.4 Å². The third-order valence-corrected chi connectivity index (χ3v) is 0. The molecule has 3 heteroatoms. The van der Waals surface area contributed by atoms with Crippen LogP contribution in [0, 0.1) is 11.8 Å². The van der Waals surface area contributed by atoms with Crippen LogP contribution in [-0.4, -0.2) is 0 Å². The fourth-order valence-corrected chi connectivity index (χ4v) is 0. The summed E-state index contributed by atoms with van der Waals surface area (Å²) in [7, 11) is 0. The van der Waals surface area contributed by atoms with Gasteiger partial charge in [0.05, 0.1) is 0 Å². The van der Waals surface area contributed by atoms with Crippen molar-refractivity contribution in [3.63, 3.8) is 0 Å².